The third-order valence-electron chi connectivity index (χ3n) is 4.31. The highest BCUT2D eigenvalue weighted by Crippen LogP contribution is 2.18. The van der Waals surface area contributed by atoms with Crippen molar-refractivity contribution in [2.75, 3.05) is 26.2 Å². The Morgan fingerprint density at radius 2 is 1.73 bits per heavy atom. The second-order valence-electron chi connectivity index (χ2n) is 6.32. The first-order valence-electron chi connectivity index (χ1n) is 8.76. The maximum Gasteiger partial charge on any atom is 0.257 e. The van der Waals surface area contributed by atoms with Crippen LogP contribution in [0.1, 0.15) is 5.56 Å². The minimum absolute atomic E-state index is 0.0551. The molecular weight excluding hydrogens is 332 g/mol. The molecule has 0 radical (unpaired) electrons. The van der Waals surface area contributed by atoms with Gasteiger partial charge in [-0.1, -0.05) is 30.3 Å². The number of aliphatic hydroxyl groups excluding tert-OH is 1. The molecule has 2 atom stereocenters. The van der Waals surface area contributed by atoms with Crippen LogP contribution in [-0.4, -0.2) is 43.4 Å². The van der Waals surface area contributed by atoms with Crippen LogP contribution in [0.3, 0.4) is 0 Å². The number of nitrogens with one attached hydrogen (secondary N) is 2. The second kappa shape index (κ2) is 9.22. The van der Waals surface area contributed by atoms with Crippen molar-refractivity contribution in [3.05, 3.63) is 60.2 Å². The average Bonchev–Trinajstić information content (AvgIpc) is 3.09. The SMILES string of the molecule is O=C(COc1ccc(OCc2ccccc2)cc1)NCC1CNCC1O. The molecule has 26 heavy (non-hydrogen) atoms. The maximum atomic E-state index is 11.8. The number of aliphatic hydroxyl groups is 1. The zero-order valence-electron chi connectivity index (χ0n) is 14.6. The van der Waals surface area contributed by atoms with E-state index in [1.165, 1.54) is 0 Å². The van der Waals surface area contributed by atoms with E-state index in [1.54, 1.807) is 12.1 Å². The molecule has 2 unspecified atom stereocenters. The van der Waals surface area contributed by atoms with Gasteiger partial charge in [-0.3, -0.25) is 4.79 Å². The summed E-state index contributed by atoms with van der Waals surface area (Å²) in [4.78, 5) is 11.8. The number of hydrogen-bond donors (Lipinski definition) is 3. The monoisotopic (exact) mass is 356 g/mol. The first-order chi connectivity index (χ1) is 12.7. The van der Waals surface area contributed by atoms with Crippen LogP contribution in [0.15, 0.2) is 54.6 Å². The fraction of sp³-hybridized carbons (Fsp3) is 0.350. The molecule has 2 aromatic carbocycles. The number of rotatable bonds is 8. The molecule has 0 bridgehead atoms. The van der Waals surface area contributed by atoms with E-state index in [0.717, 1.165) is 11.3 Å². The van der Waals surface area contributed by atoms with Gasteiger partial charge in [-0.2, -0.15) is 0 Å². The summed E-state index contributed by atoms with van der Waals surface area (Å²) in [6.45, 7) is 2.19. The number of carbonyl (C=O) groups is 1. The average molecular weight is 356 g/mol. The fourth-order valence-corrected chi connectivity index (χ4v) is 2.75. The summed E-state index contributed by atoms with van der Waals surface area (Å²) in [5.41, 5.74) is 1.10. The number of carbonyl (C=O) groups excluding carboxylic acids is 1. The van der Waals surface area contributed by atoms with Crippen molar-refractivity contribution in [2.24, 2.45) is 5.92 Å². The molecule has 3 N–H and O–H groups in total. The van der Waals surface area contributed by atoms with Gasteiger partial charge in [0, 0.05) is 25.6 Å². The van der Waals surface area contributed by atoms with Gasteiger partial charge in [-0.05, 0) is 29.8 Å². The van der Waals surface area contributed by atoms with Crippen molar-refractivity contribution >= 4 is 5.91 Å². The van der Waals surface area contributed by atoms with Gasteiger partial charge in [0.25, 0.3) is 5.91 Å². The third-order valence-corrected chi connectivity index (χ3v) is 4.31. The first kappa shape index (κ1) is 18.2. The fourth-order valence-electron chi connectivity index (χ4n) is 2.75. The number of benzene rings is 2. The lowest BCUT2D eigenvalue weighted by molar-refractivity contribution is -0.123. The summed E-state index contributed by atoms with van der Waals surface area (Å²) in [6, 6.07) is 17.1. The molecule has 0 spiro atoms. The molecular formula is C20H24N2O4. The summed E-state index contributed by atoms with van der Waals surface area (Å²) < 4.78 is 11.2. The molecule has 6 nitrogen and oxygen atoms in total. The van der Waals surface area contributed by atoms with Crippen molar-refractivity contribution in [1.82, 2.24) is 10.6 Å². The molecule has 1 aliphatic heterocycles. The van der Waals surface area contributed by atoms with Crippen LogP contribution >= 0.6 is 0 Å². The quantitative estimate of drug-likeness (QED) is 0.665. The van der Waals surface area contributed by atoms with Gasteiger partial charge in [0.15, 0.2) is 6.61 Å². The van der Waals surface area contributed by atoms with Gasteiger partial charge in [0.1, 0.15) is 18.1 Å². The van der Waals surface area contributed by atoms with Crippen LogP contribution in [0.25, 0.3) is 0 Å². The van der Waals surface area contributed by atoms with E-state index >= 15 is 0 Å². The Kier molecular flexibility index (Phi) is 6.46. The highest BCUT2D eigenvalue weighted by atomic mass is 16.5. The Balaban J connectivity index is 1.37. The standard InChI is InChI=1S/C20H24N2O4/c23-19-12-21-10-16(19)11-22-20(24)14-26-18-8-6-17(7-9-18)25-13-15-4-2-1-3-5-15/h1-9,16,19,21,23H,10-14H2,(H,22,24). The molecule has 2 aromatic rings. The van der Waals surface area contributed by atoms with Crippen molar-refractivity contribution in [2.45, 2.75) is 12.7 Å². The van der Waals surface area contributed by atoms with Crippen molar-refractivity contribution < 1.29 is 19.4 Å². The molecule has 6 heteroatoms. The summed E-state index contributed by atoms with van der Waals surface area (Å²) in [6.07, 6.45) is -0.403. The largest absolute Gasteiger partial charge is 0.489 e. The molecule has 1 fully saturated rings. The minimum atomic E-state index is -0.403. The molecule has 138 valence electrons. The van der Waals surface area contributed by atoms with Gasteiger partial charge in [-0.15, -0.1) is 0 Å². The van der Waals surface area contributed by atoms with Crippen LogP contribution in [0.4, 0.5) is 0 Å². The Labute approximate surface area is 153 Å². The molecule has 0 aromatic heterocycles. The van der Waals surface area contributed by atoms with E-state index in [0.29, 0.717) is 32.0 Å². The summed E-state index contributed by atoms with van der Waals surface area (Å²) in [5, 5.41) is 15.6. The normalized spacial score (nSPS) is 19.1. The Bertz CT molecular complexity index is 691. The summed E-state index contributed by atoms with van der Waals surface area (Å²) in [7, 11) is 0. The van der Waals surface area contributed by atoms with E-state index in [4.69, 9.17) is 9.47 Å². The van der Waals surface area contributed by atoms with Gasteiger partial charge in [0.2, 0.25) is 0 Å². The van der Waals surface area contributed by atoms with Gasteiger partial charge < -0.3 is 25.2 Å². The lowest BCUT2D eigenvalue weighted by Crippen LogP contribution is -2.36. The lowest BCUT2D eigenvalue weighted by Gasteiger charge is -2.14. The predicted octanol–water partition coefficient (Wildman–Crippen LogP) is 1.34. The lowest BCUT2D eigenvalue weighted by atomic mass is 10.1. The zero-order valence-corrected chi connectivity index (χ0v) is 14.6. The predicted molar refractivity (Wildman–Crippen MR) is 98.1 cm³/mol. The molecule has 1 aliphatic rings. The highest BCUT2D eigenvalue weighted by molar-refractivity contribution is 5.77. The molecule has 1 amide bonds. The number of hydrogen-bond acceptors (Lipinski definition) is 5. The smallest absolute Gasteiger partial charge is 0.257 e. The zero-order chi connectivity index (χ0) is 18.2. The summed E-state index contributed by atoms with van der Waals surface area (Å²) >= 11 is 0. The third kappa shape index (κ3) is 5.47. The molecule has 3 rings (SSSR count). The molecule has 1 saturated heterocycles. The summed E-state index contributed by atoms with van der Waals surface area (Å²) in [5.74, 6) is 1.21. The number of β-amino-alcohol motifs (C(OH)–C–C–N with tert-alkyl or cyclic N) is 1. The molecule has 1 heterocycles. The topological polar surface area (TPSA) is 79.8 Å². The van der Waals surface area contributed by atoms with E-state index in [-0.39, 0.29) is 18.4 Å². The van der Waals surface area contributed by atoms with E-state index in [9.17, 15) is 9.90 Å². The van der Waals surface area contributed by atoms with Gasteiger partial charge in [-0.25, -0.2) is 0 Å². The number of ether oxygens (including phenoxy) is 2. The highest BCUT2D eigenvalue weighted by Gasteiger charge is 2.24. The van der Waals surface area contributed by atoms with Crippen molar-refractivity contribution in [3.63, 3.8) is 0 Å². The van der Waals surface area contributed by atoms with Crippen LogP contribution in [-0.2, 0) is 11.4 Å². The van der Waals surface area contributed by atoms with Crippen molar-refractivity contribution in [3.8, 4) is 11.5 Å². The Morgan fingerprint density at radius 3 is 2.38 bits per heavy atom. The molecule has 0 saturated carbocycles. The first-order valence-corrected chi connectivity index (χ1v) is 8.76. The van der Waals surface area contributed by atoms with Crippen LogP contribution in [0.2, 0.25) is 0 Å². The Morgan fingerprint density at radius 1 is 1.04 bits per heavy atom. The Hall–Kier alpha value is -2.57. The second-order valence-corrected chi connectivity index (χ2v) is 6.32. The molecule has 0 aliphatic carbocycles. The van der Waals surface area contributed by atoms with Gasteiger partial charge in [0.05, 0.1) is 6.10 Å². The van der Waals surface area contributed by atoms with Crippen LogP contribution < -0.4 is 20.1 Å². The van der Waals surface area contributed by atoms with Gasteiger partial charge >= 0.3 is 0 Å². The van der Waals surface area contributed by atoms with Crippen molar-refractivity contribution in [1.29, 1.82) is 0 Å². The minimum Gasteiger partial charge on any atom is -0.489 e. The van der Waals surface area contributed by atoms with Crippen LogP contribution in [0.5, 0.6) is 11.5 Å². The number of amides is 1. The van der Waals surface area contributed by atoms with Crippen LogP contribution in [0, 0.1) is 5.92 Å². The van der Waals surface area contributed by atoms with E-state index in [2.05, 4.69) is 10.6 Å². The van der Waals surface area contributed by atoms with E-state index in [1.807, 2.05) is 42.5 Å². The van der Waals surface area contributed by atoms with E-state index < -0.39 is 6.10 Å². The maximum absolute atomic E-state index is 11.8.